The number of benzene rings is 2. The van der Waals surface area contributed by atoms with Gasteiger partial charge in [0, 0.05) is 5.56 Å². The number of carbonyl (C=O) groups is 4. The van der Waals surface area contributed by atoms with Crippen LogP contribution in [-0.2, 0) is 27.5 Å². The van der Waals surface area contributed by atoms with Gasteiger partial charge in [-0.25, -0.2) is 9.59 Å². The maximum Gasteiger partial charge on any atom is 0.408 e. The molecule has 2 aromatic carbocycles. The average molecular weight is 453 g/mol. The number of ketones is 1. The van der Waals surface area contributed by atoms with Gasteiger partial charge >= 0.3 is 18.0 Å². The monoisotopic (exact) mass is 453 g/mol. The summed E-state index contributed by atoms with van der Waals surface area (Å²) in [4.78, 5) is 47.7. The van der Waals surface area contributed by atoms with E-state index in [1.165, 1.54) is 24.3 Å². The highest BCUT2D eigenvalue weighted by atomic mass is 16.5. The Bertz CT molecular complexity index is 1150. The molecule has 0 bridgehead atoms. The average Bonchev–Trinajstić information content (AvgIpc) is 3.26. The second kappa shape index (κ2) is 10.6. The molecule has 3 rings (SSSR count). The van der Waals surface area contributed by atoms with Crippen molar-refractivity contribution in [2.75, 3.05) is 0 Å². The van der Waals surface area contributed by atoms with Gasteiger partial charge in [0.1, 0.15) is 19.2 Å². The zero-order chi connectivity index (χ0) is 23.8. The van der Waals surface area contributed by atoms with Crippen LogP contribution in [0.15, 0.2) is 54.6 Å². The minimum Gasteiger partial charge on any atom is -0.481 e. The number of nitrogens with zero attached hydrogens (tertiary/aromatic N) is 4. The van der Waals surface area contributed by atoms with Crippen molar-refractivity contribution < 1.29 is 34.1 Å². The summed E-state index contributed by atoms with van der Waals surface area (Å²) in [5.74, 6) is -2.89. The number of carbonyl (C=O) groups excluding carboxylic acids is 2. The number of aromatic nitrogens is 4. The third-order valence-corrected chi connectivity index (χ3v) is 4.41. The van der Waals surface area contributed by atoms with Crippen molar-refractivity contribution in [1.29, 1.82) is 0 Å². The topological polar surface area (TPSA) is 174 Å². The predicted molar refractivity (Wildman–Crippen MR) is 111 cm³/mol. The Morgan fingerprint density at radius 2 is 1.70 bits per heavy atom. The number of tetrazole rings is 1. The summed E-state index contributed by atoms with van der Waals surface area (Å²) in [6.07, 6.45) is -1.60. The van der Waals surface area contributed by atoms with Crippen molar-refractivity contribution in [2.45, 2.75) is 25.6 Å². The minimum absolute atomic E-state index is 0.0463. The van der Waals surface area contributed by atoms with Crippen LogP contribution in [-0.4, -0.2) is 60.3 Å². The standard InChI is InChI=1S/C21H19N5O7/c27-17(11-26-24-19(23-25-26)14-6-8-15(9-7-14)20(30)31)16(10-18(28)29)22-21(32)33-12-13-4-2-1-3-5-13/h1-9,16H,10-12H2,(H,22,32)(H,28,29)(H,30,31). The summed E-state index contributed by atoms with van der Waals surface area (Å²) in [5, 5.41) is 31.9. The van der Waals surface area contributed by atoms with E-state index >= 15 is 0 Å². The highest BCUT2D eigenvalue weighted by molar-refractivity contribution is 5.90. The maximum absolute atomic E-state index is 12.6. The van der Waals surface area contributed by atoms with Gasteiger partial charge in [-0.15, -0.1) is 10.2 Å². The number of alkyl carbamates (subject to hydrolysis) is 1. The first-order valence-corrected chi connectivity index (χ1v) is 9.65. The van der Waals surface area contributed by atoms with Gasteiger partial charge in [0.05, 0.1) is 12.0 Å². The molecule has 0 fully saturated rings. The van der Waals surface area contributed by atoms with Crippen LogP contribution in [0.25, 0.3) is 11.4 Å². The lowest BCUT2D eigenvalue weighted by molar-refractivity contribution is -0.139. The number of carboxylic acid groups (broad SMARTS) is 2. The van der Waals surface area contributed by atoms with Crippen molar-refractivity contribution >= 4 is 23.8 Å². The fraction of sp³-hybridized carbons (Fsp3) is 0.190. The Balaban J connectivity index is 1.62. The molecular formula is C21H19N5O7. The molecule has 0 saturated heterocycles. The number of carboxylic acids is 2. The lowest BCUT2D eigenvalue weighted by Crippen LogP contribution is -2.44. The van der Waals surface area contributed by atoms with Crippen LogP contribution in [0.2, 0.25) is 0 Å². The summed E-state index contributed by atoms with van der Waals surface area (Å²) >= 11 is 0. The number of nitrogens with one attached hydrogen (secondary N) is 1. The van der Waals surface area contributed by atoms with Gasteiger partial charge in [-0.3, -0.25) is 9.59 Å². The van der Waals surface area contributed by atoms with Crippen molar-refractivity contribution in [3.63, 3.8) is 0 Å². The lowest BCUT2D eigenvalue weighted by atomic mass is 10.1. The zero-order valence-electron chi connectivity index (χ0n) is 17.1. The van der Waals surface area contributed by atoms with Crippen LogP contribution < -0.4 is 5.32 Å². The second-order valence-corrected chi connectivity index (χ2v) is 6.85. The summed E-state index contributed by atoms with van der Waals surface area (Å²) < 4.78 is 5.04. The quantitative estimate of drug-likeness (QED) is 0.407. The van der Waals surface area contributed by atoms with E-state index in [0.29, 0.717) is 5.56 Å². The number of amides is 1. The van der Waals surface area contributed by atoms with E-state index in [0.717, 1.165) is 10.4 Å². The summed E-state index contributed by atoms with van der Waals surface area (Å²) in [6.45, 7) is -0.494. The summed E-state index contributed by atoms with van der Waals surface area (Å²) in [7, 11) is 0. The Morgan fingerprint density at radius 3 is 2.33 bits per heavy atom. The summed E-state index contributed by atoms with van der Waals surface area (Å²) in [5.41, 5.74) is 1.29. The van der Waals surface area contributed by atoms with Crippen molar-refractivity contribution in [3.8, 4) is 11.4 Å². The number of aromatic carboxylic acids is 1. The van der Waals surface area contributed by atoms with Crippen molar-refractivity contribution in [3.05, 3.63) is 65.7 Å². The first kappa shape index (κ1) is 23.1. The van der Waals surface area contributed by atoms with Gasteiger partial charge < -0.3 is 20.3 Å². The minimum atomic E-state index is -1.37. The number of ether oxygens (including phenoxy) is 1. The molecular weight excluding hydrogens is 434 g/mol. The van der Waals surface area contributed by atoms with Crippen LogP contribution in [0.5, 0.6) is 0 Å². The van der Waals surface area contributed by atoms with Gasteiger partial charge in [0.15, 0.2) is 5.78 Å². The first-order chi connectivity index (χ1) is 15.8. The zero-order valence-corrected chi connectivity index (χ0v) is 17.1. The van der Waals surface area contributed by atoms with Crippen molar-refractivity contribution in [2.24, 2.45) is 0 Å². The molecule has 1 aromatic heterocycles. The lowest BCUT2D eigenvalue weighted by Gasteiger charge is -2.15. The fourth-order valence-corrected chi connectivity index (χ4v) is 2.76. The van der Waals surface area contributed by atoms with Crippen LogP contribution in [0.4, 0.5) is 4.79 Å². The molecule has 33 heavy (non-hydrogen) atoms. The van der Waals surface area contributed by atoms with Gasteiger partial charge in [-0.05, 0) is 22.9 Å². The number of aliphatic carboxylic acids is 1. The van der Waals surface area contributed by atoms with Gasteiger partial charge in [0.2, 0.25) is 5.82 Å². The number of hydrogen-bond acceptors (Lipinski definition) is 8. The Labute approximate surface area is 186 Å². The van der Waals surface area contributed by atoms with Gasteiger partial charge in [-0.1, -0.05) is 42.5 Å². The van der Waals surface area contributed by atoms with Gasteiger partial charge in [-0.2, -0.15) is 4.80 Å². The highest BCUT2D eigenvalue weighted by Crippen LogP contribution is 2.14. The molecule has 0 spiro atoms. The Hall–Kier alpha value is -4.61. The third kappa shape index (κ3) is 6.69. The largest absolute Gasteiger partial charge is 0.481 e. The van der Waals surface area contributed by atoms with E-state index < -0.39 is 42.8 Å². The molecule has 0 radical (unpaired) electrons. The third-order valence-electron chi connectivity index (χ3n) is 4.41. The first-order valence-electron chi connectivity index (χ1n) is 9.65. The molecule has 12 heteroatoms. The van der Waals surface area contributed by atoms with Gasteiger partial charge in [0.25, 0.3) is 0 Å². The molecule has 0 saturated carbocycles. The molecule has 0 aliphatic heterocycles. The molecule has 170 valence electrons. The molecule has 0 aliphatic rings. The molecule has 3 N–H and O–H groups in total. The number of hydrogen-bond donors (Lipinski definition) is 3. The van der Waals surface area contributed by atoms with E-state index in [1.807, 2.05) is 0 Å². The van der Waals surface area contributed by atoms with E-state index in [2.05, 4.69) is 20.7 Å². The molecule has 0 aliphatic carbocycles. The highest BCUT2D eigenvalue weighted by Gasteiger charge is 2.25. The molecule has 1 amide bonds. The smallest absolute Gasteiger partial charge is 0.408 e. The second-order valence-electron chi connectivity index (χ2n) is 6.85. The number of Topliss-reactive ketones (excluding diaryl/α,β-unsaturated/α-hetero) is 1. The molecule has 1 unspecified atom stereocenters. The molecule has 3 aromatic rings. The summed E-state index contributed by atoms with van der Waals surface area (Å²) in [6, 6.07) is 13.2. The van der Waals surface area contributed by atoms with Crippen LogP contribution in [0, 0.1) is 0 Å². The normalized spacial score (nSPS) is 11.4. The van der Waals surface area contributed by atoms with E-state index in [-0.39, 0.29) is 18.0 Å². The Kier molecular flexibility index (Phi) is 7.42. The van der Waals surface area contributed by atoms with E-state index in [9.17, 15) is 19.2 Å². The van der Waals surface area contributed by atoms with Crippen LogP contribution in [0.3, 0.4) is 0 Å². The maximum atomic E-state index is 12.6. The molecule has 12 nitrogen and oxygen atoms in total. The van der Waals surface area contributed by atoms with E-state index in [1.54, 1.807) is 30.3 Å². The molecule has 1 atom stereocenters. The Morgan fingerprint density at radius 1 is 1.00 bits per heavy atom. The predicted octanol–water partition coefficient (Wildman–Crippen LogP) is 1.38. The van der Waals surface area contributed by atoms with Crippen LogP contribution in [0.1, 0.15) is 22.3 Å². The van der Waals surface area contributed by atoms with Crippen LogP contribution >= 0.6 is 0 Å². The number of rotatable bonds is 10. The molecule has 1 heterocycles. The SMILES string of the molecule is O=C(O)CC(NC(=O)OCc1ccccc1)C(=O)Cn1nnc(-c2ccc(C(=O)O)cc2)n1. The fourth-order valence-electron chi connectivity index (χ4n) is 2.76. The van der Waals surface area contributed by atoms with E-state index in [4.69, 9.17) is 14.9 Å². The van der Waals surface area contributed by atoms with Crippen molar-refractivity contribution in [1.82, 2.24) is 25.5 Å².